The van der Waals surface area contributed by atoms with Crippen molar-refractivity contribution in [3.8, 4) is 0 Å². The van der Waals surface area contributed by atoms with Crippen LogP contribution in [-0.2, 0) is 13.0 Å². The molecule has 0 saturated heterocycles. The van der Waals surface area contributed by atoms with Crippen molar-refractivity contribution >= 4 is 16.9 Å². The van der Waals surface area contributed by atoms with Gasteiger partial charge in [0.15, 0.2) is 5.17 Å². The molecule has 0 saturated carbocycles. The number of aliphatic imine (C=N–C) groups is 1. The monoisotopic (exact) mass is 290 g/mol. The van der Waals surface area contributed by atoms with E-state index in [-0.39, 0.29) is 0 Å². The molecular formula is C17H26N2S. The first-order chi connectivity index (χ1) is 9.76. The second kappa shape index (κ2) is 7.72. The van der Waals surface area contributed by atoms with Gasteiger partial charge < -0.3 is 5.32 Å². The van der Waals surface area contributed by atoms with Crippen LogP contribution in [0.4, 0.5) is 0 Å². The summed E-state index contributed by atoms with van der Waals surface area (Å²) in [4.78, 5) is 4.65. The van der Waals surface area contributed by atoms with Gasteiger partial charge in [-0.25, -0.2) is 0 Å². The zero-order chi connectivity index (χ0) is 14.4. The number of benzene rings is 1. The molecule has 1 aliphatic rings. The third-order valence-corrected chi connectivity index (χ3v) is 5.46. The van der Waals surface area contributed by atoms with Crippen LogP contribution < -0.4 is 5.32 Å². The number of nitrogens with zero attached hydrogens (tertiary/aromatic N) is 1. The van der Waals surface area contributed by atoms with E-state index < -0.39 is 0 Å². The van der Waals surface area contributed by atoms with Crippen LogP contribution in [0.3, 0.4) is 0 Å². The maximum absolute atomic E-state index is 4.65. The lowest BCUT2D eigenvalue weighted by Gasteiger charge is -2.18. The highest BCUT2D eigenvalue weighted by molar-refractivity contribution is 8.14. The molecule has 1 atom stereocenters. The van der Waals surface area contributed by atoms with Gasteiger partial charge in [0.1, 0.15) is 0 Å². The Morgan fingerprint density at radius 3 is 2.40 bits per heavy atom. The van der Waals surface area contributed by atoms with E-state index >= 15 is 0 Å². The highest BCUT2D eigenvalue weighted by Crippen LogP contribution is 2.30. The van der Waals surface area contributed by atoms with E-state index in [1.54, 1.807) is 0 Å². The van der Waals surface area contributed by atoms with Crippen molar-refractivity contribution in [1.29, 1.82) is 0 Å². The first-order valence-corrected chi connectivity index (χ1v) is 8.67. The predicted molar refractivity (Wildman–Crippen MR) is 90.4 cm³/mol. The summed E-state index contributed by atoms with van der Waals surface area (Å²) in [5.74, 6) is 0.798. The van der Waals surface area contributed by atoms with Gasteiger partial charge >= 0.3 is 0 Å². The molecule has 0 radical (unpaired) electrons. The van der Waals surface area contributed by atoms with E-state index in [1.165, 1.54) is 24.0 Å². The van der Waals surface area contributed by atoms with Gasteiger partial charge in [-0.3, -0.25) is 4.99 Å². The average molecular weight is 290 g/mol. The van der Waals surface area contributed by atoms with Crippen LogP contribution in [0.1, 0.15) is 44.7 Å². The van der Waals surface area contributed by atoms with Crippen LogP contribution in [0.25, 0.3) is 0 Å². The van der Waals surface area contributed by atoms with Crippen molar-refractivity contribution in [2.45, 2.75) is 51.8 Å². The van der Waals surface area contributed by atoms with Gasteiger partial charge in [-0.1, -0.05) is 69.6 Å². The molecule has 0 spiro atoms. The molecule has 1 unspecified atom stereocenters. The topological polar surface area (TPSA) is 24.4 Å². The number of hydrogen-bond donors (Lipinski definition) is 1. The maximum Gasteiger partial charge on any atom is 0.157 e. The molecule has 0 aliphatic carbocycles. The quantitative estimate of drug-likeness (QED) is 0.847. The summed E-state index contributed by atoms with van der Waals surface area (Å²) in [7, 11) is 0. The lowest BCUT2D eigenvalue weighted by molar-refractivity contribution is 0.479. The predicted octanol–water partition coefficient (Wildman–Crippen LogP) is 4.25. The molecule has 0 fully saturated rings. The van der Waals surface area contributed by atoms with Gasteiger partial charge in [-0.15, -0.1) is 0 Å². The van der Waals surface area contributed by atoms with Crippen molar-refractivity contribution < 1.29 is 0 Å². The normalized spacial score (nSPS) is 18.4. The molecule has 1 aliphatic heterocycles. The summed E-state index contributed by atoms with van der Waals surface area (Å²) in [5, 5.41) is 5.28. The van der Waals surface area contributed by atoms with Crippen molar-refractivity contribution in [2.75, 3.05) is 6.54 Å². The van der Waals surface area contributed by atoms with Crippen molar-refractivity contribution in [3.05, 3.63) is 35.4 Å². The molecule has 3 heteroatoms. The first-order valence-electron chi connectivity index (χ1n) is 7.79. The standard InChI is InChI=1S/C17H26N2S/c1-4-13-7-9-14(10-8-13)11-18-17-19-12-16(20-17)15(5-2)6-3/h7-10,15-16H,4-6,11-12H2,1-3H3,(H,18,19). The second-order valence-corrected chi connectivity index (χ2v) is 6.63. The van der Waals surface area contributed by atoms with Crippen LogP contribution in [0, 0.1) is 5.92 Å². The molecule has 1 aromatic rings. The van der Waals surface area contributed by atoms with E-state index in [9.17, 15) is 0 Å². The Balaban J connectivity index is 1.80. The summed E-state index contributed by atoms with van der Waals surface area (Å²) < 4.78 is 0. The Morgan fingerprint density at radius 2 is 1.80 bits per heavy atom. The number of aryl methyl sites for hydroxylation is 1. The zero-order valence-electron chi connectivity index (χ0n) is 12.9. The van der Waals surface area contributed by atoms with Gasteiger partial charge in [-0.2, -0.15) is 0 Å². The first kappa shape index (κ1) is 15.4. The minimum absolute atomic E-state index is 0.676. The molecule has 2 rings (SSSR count). The third-order valence-electron chi connectivity index (χ3n) is 4.13. The lowest BCUT2D eigenvalue weighted by atomic mass is 9.99. The van der Waals surface area contributed by atoms with E-state index in [0.29, 0.717) is 5.25 Å². The third kappa shape index (κ3) is 4.02. The van der Waals surface area contributed by atoms with E-state index in [1.807, 2.05) is 11.8 Å². The minimum Gasteiger partial charge on any atom is -0.361 e. The Labute approximate surface area is 127 Å². The molecular weight excluding hydrogens is 264 g/mol. The van der Waals surface area contributed by atoms with Crippen molar-refractivity contribution in [1.82, 2.24) is 5.32 Å². The number of amidine groups is 1. The summed E-state index contributed by atoms with van der Waals surface area (Å²) in [5.41, 5.74) is 2.73. The SMILES string of the molecule is CCc1ccc(CNC2=NCC(C(CC)CC)S2)cc1. The Bertz CT molecular complexity index is 435. The molecule has 20 heavy (non-hydrogen) atoms. The zero-order valence-corrected chi connectivity index (χ0v) is 13.7. The number of rotatable bonds is 6. The number of thioether (sulfide) groups is 1. The number of nitrogens with one attached hydrogen (secondary N) is 1. The van der Waals surface area contributed by atoms with Crippen LogP contribution in [-0.4, -0.2) is 17.0 Å². The van der Waals surface area contributed by atoms with Gasteiger partial charge in [0.05, 0.1) is 6.54 Å². The Kier molecular flexibility index (Phi) is 5.96. The largest absolute Gasteiger partial charge is 0.361 e. The molecule has 0 aromatic heterocycles. The summed E-state index contributed by atoms with van der Waals surface area (Å²) in [6.45, 7) is 8.62. The lowest BCUT2D eigenvalue weighted by Crippen LogP contribution is -2.21. The fraction of sp³-hybridized carbons (Fsp3) is 0.588. The molecule has 1 N–H and O–H groups in total. The van der Waals surface area contributed by atoms with Crippen LogP contribution in [0.15, 0.2) is 29.3 Å². The van der Waals surface area contributed by atoms with Crippen molar-refractivity contribution in [2.24, 2.45) is 10.9 Å². The smallest absolute Gasteiger partial charge is 0.157 e. The van der Waals surface area contributed by atoms with E-state index in [2.05, 4.69) is 55.3 Å². The van der Waals surface area contributed by atoms with Crippen molar-refractivity contribution in [3.63, 3.8) is 0 Å². The van der Waals surface area contributed by atoms with E-state index in [4.69, 9.17) is 0 Å². The van der Waals surface area contributed by atoms with Gasteiger partial charge in [0, 0.05) is 11.8 Å². The van der Waals surface area contributed by atoms with Crippen LogP contribution in [0.2, 0.25) is 0 Å². The van der Waals surface area contributed by atoms with E-state index in [0.717, 1.165) is 30.6 Å². The highest BCUT2D eigenvalue weighted by Gasteiger charge is 2.25. The van der Waals surface area contributed by atoms with Crippen LogP contribution >= 0.6 is 11.8 Å². The summed E-state index contributed by atoms with van der Waals surface area (Å²) in [6, 6.07) is 8.86. The minimum atomic E-state index is 0.676. The summed E-state index contributed by atoms with van der Waals surface area (Å²) >= 11 is 1.93. The molecule has 2 nitrogen and oxygen atoms in total. The maximum atomic E-state index is 4.65. The highest BCUT2D eigenvalue weighted by atomic mass is 32.2. The second-order valence-electron chi connectivity index (χ2n) is 5.40. The van der Waals surface area contributed by atoms with Gasteiger partial charge in [0.25, 0.3) is 0 Å². The Morgan fingerprint density at radius 1 is 1.15 bits per heavy atom. The molecule has 0 bridgehead atoms. The average Bonchev–Trinajstić information content (AvgIpc) is 2.96. The molecule has 1 heterocycles. The fourth-order valence-electron chi connectivity index (χ4n) is 2.62. The molecule has 110 valence electrons. The molecule has 0 amide bonds. The number of hydrogen-bond acceptors (Lipinski definition) is 3. The molecule has 1 aromatic carbocycles. The summed E-state index contributed by atoms with van der Waals surface area (Å²) in [6.07, 6.45) is 3.62. The van der Waals surface area contributed by atoms with Gasteiger partial charge in [-0.05, 0) is 23.5 Å². The Hall–Kier alpha value is -0.960. The fourth-order valence-corrected chi connectivity index (χ4v) is 3.94. The van der Waals surface area contributed by atoms with Crippen LogP contribution in [0.5, 0.6) is 0 Å². The van der Waals surface area contributed by atoms with Gasteiger partial charge in [0.2, 0.25) is 0 Å².